The Hall–Kier alpha value is -0.780. The van der Waals surface area contributed by atoms with E-state index in [0.29, 0.717) is 29.8 Å². The van der Waals surface area contributed by atoms with E-state index in [1.807, 2.05) is 18.2 Å². The minimum absolute atomic E-state index is 0.126. The summed E-state index contributed by atoms with van der Waals surface area (Å²) in [5.74, 6) is 0.717. The van der Waals surface area contributed by atoms with Crippen molar-refractivity contribution in [2.75, 3.05) is 18.6 Å². The quantitative estimate of drug-likeness (QED) is 0.748. The highest BCUT2D eigenvalue weighted by Gasteiger charge is 2.05. The molecule has 0 spiro atoms. The van der Waals surface area contributed by atoms with Crippen molar-refractivity contribution in [1.29, 1.82) is 0 Å². The molecule has 0 heterocycles. The molecule has 1 aromatic rings. The van der Waals surface area contributed by atoms with E-state index in [-0.39, 0.29) is 5.75 Å². The van der Waals surface area contributed by atoms with Crippen molar-refractivity contribution in [2.45, 2.75) is 32.9 Å². The number of hydrogen-bond donors (Lipinski definition) is 1. The number of rotatable bonds is 8. The normalized spacial score (nSPS) is 11.8. The SMILES string of the molecule is CC(C)NCc1ccc(OCCCS(C)(=O)=O)c(Cl)c1. The molecule has 0 amide bonds. The third-order valence-corrected chi connectivity index (χ3v) is 3.95. The van der Waals surface area contributed by atoms with Crippen molar-refractivity contribution < 1.29 is 13.2 Å². The summed E-state index contributed by atoms with van der Waals surface area (Å²) in [7, 11) is -2.93. The zero-order chi connectivity index (χ0) is 15.2. The fourth-order valence-electron chi connectivity index (χ4n) is 1.60. The smallest absolute Gasteiger partial charge is 0.147 e. The Kier molecular flexibility index (Phi) is 6.79. The lowest BCUT2D eigenvalue weighted by molar-refractivity contribution is 0.318. The van der Waals surface area contributed by atoms with E-state index in [1.165, 1.54) is 6.26 Å². The molecule has 0 unspecified atom stereocenters. The fraction of sp³-hybridized carbons (Fsp3) is 0.571. The van der Waals surface area contributed by atoms with Crippen LogP contribution >= 0.6 is 11.6 Å². The van der Waals surface area contributed by atoms with Gasteiger partial charge in [-0.1, -0.05) is 31.5 Å². The van der Waals surface area contributed by atoms with E-state index in [0.717, 1.165) is 12.1 Å². The average Bonchev–Trinajstić information content (AvgIpc) is 2.32. The minimum Gasteiger partial charge on any atom is -0.492 e. The van der Waals surface area contributed by atoms with E-state index in [9.17, 15) is 8.42 Å². The molecule has 20 heavy (non-hydrogen) atoms. The second-order valence-electron chi connectivity index (χ2n) is 5.13. The van der Waals surface area contributed by atoms with Crippen LogP contribution in [0.3, 0.4) is 0 Å². The van der Waals surface area contributed by atoms with Gasteiger partial charge in [-0.2, -0.15) is 0 Å². The van der Waals surface area contributed by atoms with Gasteiger partial charge in [0.1, 0.15) is 15.6 Å². The molecule has 0 radical (unpaired) electrons. The van der Waals surface area contributed by atoms with Crippen molar-refractivity contribution in [2.24, 2.45) is 0 Å². The average molecular weight is 320 g/mol. The minimum atomic E-state index is -2.93. The summed E-state index contributed by atoms with van der Waals surface area (Å²) >= 11 is 6.14. The number of nitrogens with one attached hydrogen (secondary N) is 1. The third kappa shape index (κ3) is 7.12. The highest BCUT2D eigenvalue weighted by atomic mass is 35.5. The maximum atomic E-state index is 11.0. The Morgan fingerprint density at radius 3 is 2.60 bits per heavy atom. The Morgan fingerprint density at radius 1 is 1.35 bits per heavy atom. The first-order valence-electron chi connectivity index (χ1n) is 6.60. The molecule has 0 aliphatic rings. The van der Waals surface area contributed by atoms with Gasteiger partial charge in [-0.25, -0.2) is 8.42 Å². The van der Waals surface area contributed by atoms with E-state index in [4.69, 9.17) is 16.3 Å². The van der Waals surface area contributed by atoms with Crippen LogP contribution in [-0.4, -0.2) is 33.1 Å². The molecule has 0 aliphatic heterocycles. The predicted octanol–water partition coefficient (Wildman–Crippen LogP) is 2.65. The molecule has 0 aliphatic carbocycles. The highest BCUT2D eigenvalue weighted by molar-refractivity contribution is 7.90. The van der Waals surface area contributed by atoms with Gasteiger partial charge in [-0.05, 0) is 24.1 Å². The summed E-state index contributed by atoms with van der Waals surface area (Å²) in [5.41, 5.74) is 1.09. The molecule has 0 aromatic heterocycles. The van der Waals surface area contributed by atoms with Gasteiger partial charge in [0.25, 0.3) is 0 Å². The van der Waals surface area contributed by atoms with Crippen LogP contribution in [-0.2, 0) is 16.4 Å². The maximum Gasteiger partial charge on any atom is 0.147 e. The molecule has 0 saturated heterocycles. The summed E-state index contributed by atoms with van der Waals surface area (Å²) in [6.07, 6.45) is 1.68. The van der Waals surface area contributed by atoms with Crippen LogP contribution in [0.4, 0.5) is 0 Å². The topological polar surface area (TPSA) is 55.4 Å². The van der Waals surface area contributed by atoms with Gasteiger partial charge in [0.2, 0.25) is 0 Å². The highest BCUT2D eigenvalue weighted by Crippen LogP contribution is 2.25. The maximum absolute atomic E-state index is 11.0. The first-order valence-corrected chi connectivity index (χ1v) is 9.04. The second-order valence-corrected chi connectivity index (χ2v) is 7.80. The van der Waals surface area contributed by atoms with Crippen molar-refractivity contribution in [3.63, 3.8) is 0 Å². The first kappa shape index (κ1) is 17.3. The van der Waals surface area contributed by atoms with Crippen molar-refractivity contribution in [3.05, 3.63) is 28.8 Å². The molecule has 6 heteroatoms. The lowest BCUT2D eigenvalue weighted by atomic mass is 10.2. The van der Waals surface area contributed by atoms with E-state index in [2.05, 4.69) is 19.2 Å². The van der Waals surface area contributed by atoms with E-state index >= 15 is 0 Å². The Labute approximate surface area is 126 Å². The largest absolute Gasteiger partial charge is 0.492 e. The van der Waals surface area contributed by atoms with E-state index in [1.54, 1.807) is 0 Å². The van der Waals surface area contributed by atoms with Crippen LogP contribution in [0, 0.1) is 0 Å². The summed E-state index contributed by atoms with van der Waals surface area (Å²) in [6.45, 7) is 5.27. The molecular formula is C14H22ClNO3S. The second kappa shape index (κ2) is 7.86. The van der Waals surface area contributed by atoms with Crippen molar-refractivity contribution in [3.8, 4) is 5.75 Å². The molecule has 0 fully saturated rings. The monoisotopic (exact) mass is 319 g/mol. The zero-order valence-electron chi connectivity index (χ0n) is 12.1. The summed E-state index contributed by atoms with van der Waals surface area (Å²) < 4.78 is 27.5. The van der Waals surface area contributed by atoms with Gasteiger partial charge in [0.15, 0.2) is 0 Å². The molecule has 1 rings (SSSR count). The van der Waals surface area contributed by atoms with Gasteiger partial charge in [-0.3, -0.25) is 0 Å². The number of halogens is 1. The van der Waals surface area contributed by atoms with Crippen LogP contribution in [0.2, 0.25) is 5.02 Å². The van der Waals surface area contributed by atoms with Gasteiger partial charge >= 0.3 is 0 Å². The molecule has 1 N–H and O–H groups in total. The Morgan fingerprint density at radius 2 is 2.05 bits per heavy atom. The van der Waals surface area contributed by atoms with Gasteiger partial charge in [0, 0.05) is 18.8 Å². The fourth-order valence-corrected chi connectivity index (χ4v) is 2.50. The van der Waals surface area contributed by atoms with Gasteiger partial charge in [0.05, 0.1) is 17.4 Å². The van der Waals surface area contributed by atoms with Crippen LogP contribution in [0.25, 0.3) is 0 Å². The summed E-state index contributed by atoms with van der Waals surface area (Å²) in [6, 6.07) is 6.05. The van der Waals surface area contributed by atoms with Crippen LogP contribution in [0.5, 0.6) is 5.75 Å². The lowest BCUT2D eigenvalue weighted by Gasteiger charge is -2.11. The zero-order valence-corrected chi connectivity index (χ0v) is 13.7. The number of hydrogen-bond acceptors (Lipinski definition) is 4. The summed E-state index contributed by atoms with van der Waals surface area (Å²) in [5, 5.41) is 3.86. The van der Waals surface area contributed by atoms with Crippen LogP contribution < -0.4 is 10.1 Å². The Balaban J connectivity index is 2.47. The molecule has 0 atom stereocenters. The van der Waals surface area contributed by atoms with Crippen LogP contribution in [0.15, 0.2) is 18.2 Å². The molecule has 4 nitrogen and oxygen atoms in total. The third-order valence-electron chi connectivity index (χ3n) is 2.63. The molecular weight excluding hydrogens is 298 g/mol. The van der Waals surface area contributed by atoms with Crippen molar-refractivity contribution in [1.82, 2.24) is 5.32 Å². The lowest BCUT2D eigenvalue weighted by Crippen LogP contribution is -2.21. The predicted molar refractivity (Wildman–Crippen MR) is 83.3 cm³/mol. The molecule has 0 bridgehead atoms. The molecule has 1 aromatic carbocycles. The van der Waals surface area contributed by atoms with Crippen molar-refractivity contribution >= 4 is 21.4 Å². The van der Waals surface area contributed by atoms with E-state index < -0.39 is 9.84 Å². The van der Waals surface area contributed by atoms with Crippen LogP contribution in [0.1, 0.15) is 25.8 Å². The molecule has 0 saturated carbocycles. The van der Waals surface area contributed by atoms with Gasteiger partial charge in [-0.15, -0.1) is 0 Å². The van der Waals surface area contributed by atoms with Gasteiger partial charge < -0.3 is 10.1 Å². The molecule has 114 valence electrons. The number of ether oxygens (including phenoxy) is 1. The number of benzene rings is 1. The first-order chi connectivity index (χ1) is 9.28. The standard InChI is InChI=1S/C14H22ClNO3S/c1-11(2)16-10-12-5-6-14(13(15)9-12)19-7-4-8-20(3,17)18/h5-6,9,11,16H,4,7-8,10H2,1-3H3. The Bertz CT molecular complexity index is 529. The summed E-state index contributed by atoms with van der Waals surface area (Å²) in [4.78, 5) is 0. The number of sulfone groups is 1.